The van der Waals surface area contributed by atoms with Crippen LogP contribution in [-0.2, 0) is 9.47 Å². The molecule has 34 heavy (non-hydrogen) atoms. The lowest BCUT2D eigenvalue weighted by atomic mass is 10.1. The smallest absolute Gasteiger partial charge is 0.410 e. The Labute approximate surface area is 202 Å². The fraction of sp³-hybridized carbons (Fsp3) is 0.478. The Morgan fingerprint density at radius 2 is 1.88 bits per heavy atom. The Hall–Kier alpha value is -3.11. The van der Waals surface area contributed by atoms with Gasteiger partial charge in [-0.1, -0.05) is 23.7 Å². The van der Waals surface area contributed by atoms with Gasteiger partial charge < -0.3 is 25.0 Å². The van der Waals surface area contributed by atoms with Gasteiger partial charge in [-0.2, -0.15) is 5.10 Å². The molecule has 3 heterocycles. The molecule has 2 saturated heterocycles. The van der Waals surface area contributed by atoms with Gasteiger partial charge in [-0.3, -0.25) is 14.7 Å². The molecule has 11 heteroatoms. The first-order valence-corrected chi connectivity index (χ1v) is 11.7. The normalized spacial score (nSPS) is 17.3. The number of aromatic nitrogens is 2. The standard InChI is InChI=1S/C23H28ClN5O5/c1-14-3-2-4-17(24)19(14)21(30)27-18-13-25-28-20(18)22(31)26-15-5-9-29(10-6-15)23(32)34-16-7-11-33-12-8-16/h2-4,13,15-16H,5-12H2,1H3,(H,25,28)(H,26,31)(H,27,30). The predicted molar refractivity (Wildman–Crippen MR) is 125 cm³/mol. The molecule has 1 aromatic heterocycles. The minimum atomic E-state index is -0.421. The van der Waals surface area contributed by atoms with Crippen LogP contribution in [0.4, 0.5) is 10.5 Å². The number of hydrogen-bond acceptors (Lipinski definition) is 6. The van der Waals surface area contributed by atoms with Gasteiger partial charge in [-0.25, -0.2) is 4.79 Å². The van der Waals surface area contributed by atoms with Crippen LogP contribution in [0, 0.1) is 6.92 Å². The van der Waals surface area contributed by atoms with Gasteiger partial charge in [0.25, 0.3) is 11.8 Å². The lowest BCUT2D eigenvalue weighted by Gasteiger charge is -2.33. The Kier molecular flexibility index (Phi) is 7.69. The summed E-state index contributed by atoms with van der Waals surface area (Å²) in [6.07, 6.45) is 3.61. The zero-order valence-corrected chi connectivity index (χ0v) is 19.7. The molecule has 2 aliphatic heterocycles. The number of rotatable bonds is 5. The summed E-state index contributed by atoms with van der Waals surface area (Å²) in [6, 6.07) is 5.08. The van der Waals surface area contributed by atoms with Crippen LogP contribution in [-0.4, -0.2) is 71.5 Å². The first-order valence-electron chi connectivity index (χ1n) is 11.4. The average molecular weight is 490 g/mol. The quantitative estimate of drug-likeness (QED) is 0.592. The van der Waals surface area contributed by atoms with Gasteiger partial charge in [-0.05, 0) is 31.4 Å². The Bertz CT molecular complexity index is 1020. The number of carbonyl (C=O) groups excluding carboxylic acids is 3. The highest BCUT2D eigenvalue weighted by Gasteiger charge is 2.28. The van der Waals surface area contributed by atoms with Crippen LogP contribution in [0.1, 0.15) is 52.1 Å². The number of ether oxygens (including phenoxy) is 2. The summed E-state index contributed by atoms with van der Waals surface area (Å²) in [5, 5.41) is 12.6. The van der Waals surface area contributed by atoms with Gasteiger partial charge >= 0.3 is 6.09 Å². The van der Waals surface area contributed by atoms with Crippen molar-refractivity contribution in [3.05, 3.63) is 46.2 Å². The number of piperidine rings is 1. The van der Waals surface area contributed by atoms with E-state index in [2.05, 4.69) is 20.8 Å². The van der Waals surface area contributed by atoms with E-state index < -0.39 is 5.91 Å². The fourth-order valence-electron chi connectivity index (χ4n) is 4.13. The van der Waals surface area contributed by atoms with Gasteiger partial charge in [-0.15, -0.1) is 0 Å². The number of aryl methyl sites for hydroxylation is 1. The first-order chi connectivity index (χ1) is 16.4. The Morgan fingerprint density at radius 3 is 2.59 bits per heavy atom. The molecule has 1 aromatic carbocycles. The zero-order chi connectivity index (χ0) is 24.1. The van der Waals surface area contributed by atoms with Crippen molar-refractivity contribution in [3.8, 4) is 0 Å². The molecule has 2 aliphatic rings. The van der Waals surface area contributed by atoms with Crippen LogP contribution in [0.2, 0.25) is 5.02 Å². The van der Waals surface area contributed by atoms with Gasteiger partial charge in [0.1, 0.15) is 11.8 Å². The zero-order valence-electron chi connectivity index (χ0n) is 18.9. The van der Waals surface area contributed by atoms with E-state index in [1.54, 1.807) is 30.0 Å². The average Bonchev–Trinajstić information content (AvgIpc) is 3.28. The van der Waals surface area contributed by atoms with Crippen LogP contribution in [0.5, 0.6) is 0 Å². The SMILES string of the molecule is Cc1cccc(Cl)c1C(=O)Nc1cn[nH]c1C(=O)NC1CCN(C(=O)OC2CCOCC2)CC1. The number of benzene rings is 1. The largest absolute Gasteiger partial charge is 0.446 e. The topological polar surface area (TPSA) is 126 Å². The number of likely N-dealkylation sites (tertiary alicyclic amines) is 1. The summed E-state index contributed by atoms with van der Waals surface area (Å²) in [4.78, 5) is 39.7. The van der Waals surface area contributed by atoms with Gasteiger partial charge in [0.05, 0.1) is 35.7 Å². The van der Waals surface area contributed by atoms with Crippen LogP contribution in [0.25, 0.3) is 0 Å². The van der Waals surface area contributed by atoms with E-state index in [0.717, 1.165) is 18.4 Å². The van der Waals surface area contributed by atoms with E-state index in [0.29, 0.717) is 49.7 Å². The fourth-order valence-corrected chi connectivity index (χ4v) is 4.44. The lowest BCUT2D eigenvalue weighted by Crippen LogP contribution is -2.47. The summed E-state index contributed by atoms with van der Waals surface area (Å²) in [5.74, 6) is -0.804. The minimum Gasteiger partial charge on any atom is -0.446 e. The Morgan fingerprint density at radius 1 is 1.15 bits per heavy atom. The monoisotopic (exact) mass is 489 g/mol. The maximum Gasteiger partial charge on any atom is 0.410 e. The molecule has 2 aromatic rings. The maximum absolute atomic E-state index is 12.8. The van der Waals surface area contributed by atoms with Crippen molar-refractivity contribution < 1.29 is 23.9 Å². The molecule has 3 amide bonds. The molecule has 0 radical (unpaired) electrons. The molecule has 3 N–H and O–H groups in total. The summed E-state index contributed by atoms with van der Waals surface area (Å²) in [7, 11) is 0. The lowest BCUT2D eigenvalue weighted by molar-refractivity contribution is -0.0122. The number of nitrogens with zero attached hydrogens (tertiary/aromatic N) is 2. The Balaban J connectivity index is 1.29. The highest BCUT2D eigenvalue weighted by Crippen LogP contribution is 2.22. The van der Waals surface area contributed by atoms with Crippen LogP contribution >= 0.6 is 11.6 Å². The number of H-pyrrole nitrogens is 1. The van der Waals surface area contributed by atoms with E-state index in [4.69, 9.17) is 21.1 Å². The van der Waals surface area contributed by atoms with Crippen LogP contribution in [0.3, 0.4) is 0 Å². The van der Waals surface area contributed by atoms with Crippen molar-refractivity contribution in [2.24, 2.45) is 0 Å². The molecule has 4 rings (SSSR count). The van der Waals surface area contributed by atoms with Crippen molar-refractivity contribution >= 4 is 35.2 Å². The number of amides is 3. The van der Waals surface area contributed by atoms with Crippen LogP contribution < -0.4 is 10.6 Å². The number of halogens is 1. The second-order valence-electron chi connectivity index (χ2n) is 8.47. The molecule has 2 fully saturated rings. The van der Waals surface area contributed by atoms with E-state index in [1.165, 1.54) is 6.20 Å². The summed E-state index contributed by atoms with van der Waals surface area (Å²) >= 11 is 6.18. The van der Waals surface area contributed by atoms with Crippen molar-refractivity contribution in [1.29, 1.82) is 0 Å². The second kappa shape index (κ2) is 10.9. The molecule has 0 aliphatic carbocycles. The molecular weight excluding hydrogens is 462 g/mol. The third-order valence-electron chi connectivity index (χ3n) is 6.09. The highest BCUT2D eigenvalue weighted by molar-refractivity contribution is 6.34. The number of aromatic amines is 1. The third-order valence-corrected chi connectivity index (χ3v) is 6.40. The van der Waals surface area contributed by atoms with Gasteiger partial charge in [0, 0.05) is 32.0 Å². The molecule has 0 atom stereocenters. The van der Waals surface area contributed by atoms with Crippen molar-refractivity contribution in [3.63, 3.8) is 0 Å². The predicted octanol–water partition coefficient (Wildman–Crippen LogP) is 3.13. The maximum atomic E-state index is 12.8. The van der Waals surface area contributed by atoms with E-state index in [1.807, 2.05) is 0 Å². The molecule has 10 nitrogen and oxygen atoms in total. The van der Waals surface area contributed by atoms with Crippen molar-refractivity contribution in [2.45, 2.75) is 44.8 Å². The third kappa shape index (κ3) is 5.68. The van der Waals surface area contributed by atoms with Gasteiger partial charge in [0.2, 0.25) is 0 Å². The van der Waals surface area contributed by atoms with E-state index in [-0.39, 0.29) is 35.5 Å². The molecule has 0 saturated carbocycles. The van der Waals surface area contributed by atoms with Crippen molar-refractivity contribution in [2.75, 3.05) is 31.6 Å². The molecular formula is C23H28ClN5O5. The number of hydrogen-bond donors (Lipinski definition) is 3. The van der Waals surface area contributed by atoms with E-state index in [9.17, 15) is 14.4 Å². The van der Waals surface area contributed by atoms with Crippen molar-refractivity contribution in [1.82, 2.24) is 20.4 Å². The molecule has 0 unspecified atom stereocenters. The highest BCUT2D eigenvalue weighted by atomic mass is 35.5. The second-order valence-corrected chi connectivity index (χ2v) is 8.88. The van der Waals surface area contributed by atoms with Gasteiger partial charge in [0.15, 0.2) is 0 Å². The molecule has 0 spiro atoms. The van der Waals surface area contributed by atoms with Crippen LogP contribution in [0.15, 0.2) is 24.4 Å². The number of nitrogens with one attached hydrogen (secondary N) is 3. The summed E-state index contributed by atoms with van der Waals surface area (Å²) < 4.78 is 10.9. The first kappa shape index (κ1) is 24.0. The number of carbonyl (C=O) groups is 3. The van der Waals surface area contributed by atoms with E-state index >= 15 is 0 Å². The number of anilines is 1. The summed E-state index contributed by atoms with van der Waals surface area (Å²) in [5.41, 5.74) is 1.48. The minimum absolute atomic E-state index is 0.0951. The molecule has 182 valence electrons. The summed E-state index contributed by atoms with van der Waals surface area (Å²) in [6.45, 7) is 3.99. The molecule has 0 bridgehead atoms.